The molecule has 1 saturated heterocycles. The summed E-state index contributed by atoms with van der Waals surface area (Å²) in [6, 6.07) is 17.9. The number of aromatic hydroxyl groups is 1. The second-order valence-corrected chi connectivity index (χ2v) is 8.86. The van der Waals surface area contributed by atoms with Crippen molar-refractivity contribution in [3.05, 3.63) is 60.7 Å². The third-order valence-corrected chi connectivity index (χ3v) is 7.15. The van der Waals surface area contributed by atoms with Crippen LogP contribution in [0.15, 0.2) is 65.6 Å². The molecular weight excluding hydrogens is 388 g/mol. The number of sulfonamides is 1. The molecule has 1 aliphatic heterocycles. The van der Waals surface area contributed by atoms with Crippen LogP contribution in [0.5, 0.6) is 11.5 Å². The van der Waals surface area contributed by atoms with Crippen LogP contribution in [0, 0.1) is 0 Å². The highest BCUT2D eigenvalue weighted by Gasteiger charge is 2.30. The first-order chi connectivity index (χ1) is 14.0. The van der Waals surface area contributed by atoms with Gasteiger partial charge in [0.25, 0.3) is 0 Å². The molecule has 0 atom stereocenters. The van der Waals surface area contributed by atoms with Gasteiger partial charge in [-0.25, -0.2) is 8.42 Å². The first-order valence-corrected chi connectivity index (χ1v) is 11.1. The number of anilines is 1. The Morgan fingerprint density at radius 1 is 0.931 bits per heavy atom. The van der Waals surface area contributed by atoms with E-state index in [1.165, 1.54) is 4.31 Å². The molecule has 1 aliphatic rings. The highest BCUT2D eigenvalue weighted by atomic mass is 32.2. The number of phenolic OH excluding ortho intramolecular Hbond substituents is 1. The van der Waals surface area contributed by atoms with E-state index in [-0.39, 0.29) is 5.75 Å². The van der Waals surface area contributed by atoms with Gasteiger partial charge in [0, 0.05) is 48.7 Å². The molecule has 0 spiro atoms. The van der Waals surface area contributed by atoms with E-state index in [2.05, 4.69) is 4.90 Å². The van der Waals surface area contributed by atoms with E-state index in [1.807, 2.05) is 37.3 Å². The number of piperazine rings is 1. The zero-order valence-electron chi connectivity index (χ0n) is 16.3. The van der Waals surface area contributed by atoms with Gasteiger partial charge in [-0.1, -0.05) is 30.3 Å². The smallest absolute Gasteiger partial charge is 0.243 e. The van der Waals surface area contributed by atoms with Crippen LogP contribution in [0.2, 0.25) is 0 Å². The van der Waals surface area contributed by atoms with Crippen LogP contribution >= 0.6 is 0 Å². The number of hydrogen-bond donors (Lipinski definition) is 1. The van der Waals surface area contributed by atoms with E-state index < -0.39 is 10.0 Å². The van der Waals surface area contributed by atoms with Crippen molar-refractivity contribution in [3.63, 3.8) is 0 Å². The van der Waals surface area contributed by atoms with Gasteiger partial charge in [-0.05, 0) is 31.2 Å². The van der Waals surface area contributed by atoms with Crippen molar-refractivity contribution in [2.75, 3.05) is 37.7 Å². The van der Waals surface area contributed by atoms with Gasteiger partial charge in [-0.3, -0.25) is 0 Å². The van der Waals surface area contributed by atoms with Crippen LogP contribution in [0.1, 0.15) is 6.92 Å². The molecule has 0 bridgehead atoms. The summed E-state index contributed by atoms with van der Waals surface area (Å²) in [7, 11) is -3.63. The van der Waals surface area contributed by atoms with Gasteiger partial charge in [-0.2, -0.15) is 4.31 Å². The Morgan fingerprint density at radius 2 is 1.66 bits per heavy atom. The predicted octanol–water partition coefficient (Wildman–Crippen LogP) is 3.46. The van der Waals surface area contributed by atoms with Gasteiger partial charge in [0.2, 0.25) is 10.0 Å². The summed E-state index contributed by atoms with van der Waals surface area (Å²) in [5, 5.41) is 11.2. The minimum Gasteiger partial charge on any atom is -0.508 e. The lowest BCUT2D eigenvalue weighted by Gasteiger charge is -2.35. The number of benzene rings is 3. The van der Waals surface area contributed by atoms with Crippen molar-refractivity contribution in [3.8, 4) is 11.5 Å². The van der Waals surface area contributed by atoms with E-state index >= 15 is 0 Å². The molecule has 0 amide bonds. The van der Waals surface area contributed by atoms with Crippen LogP contribution in [-0.4, -0.2) is 50.6 Å². The third-order valence-electron chi connectivity index (χ3n) is 5.20. The van der Waals surface area contributed by atoms with Crippen molar-refractivity contribution >= 4 is 26.5 Å². The van der Waals surface area contributed by atoms with E-state index in [1.54, 1.807) is 30.3 Å². The SMILES string of the molecule is CCOc1ccc(S(=O)(=O)N2CCN(c3cccc(O)c3)CC2)c2ccccc12. The molecule has 29 heavy (non-hydrogen) atoms. The molecule has 1 heterocycles. The van der Waals surface area contributed by atoms with E-state index in [9.17, 15) is 13.5 Å². The minimum atomic E-state index is -3.63. The summed E-state index contributed by atoms with van der Waals surface area (Å²) < 4.78 is 34.0. The van der Waals surface area contributed by atoms with Crippen molar-refractivity contribution in [1.29, 1.82) is 0 Å². The Bertz CT molecular complexity index is 1120. The monoisotopic (exact) mass is 412 g/mol. The lowest BCUT2D eigenvalue weighted by molar-refractivity contribution is 0.344. The maximum atomic E-state index is 13.4. The second-order valence-electron chi connectivity index (χ2n) is 6.95. The largest absolute Gasteiger partial charge is 0.508 e. The fraction of sp³-hybridized carbons (Fsp3) is 0.273. The highest BCUT2D eigenvalue weighted by Crippen LogP contribution is 2.33. The molecule has 0 radical (unpaired) electrons. The molecule has 152 valence electrons. The average molecular weight is 413 g/mol. The molecule has 0 saturated carbocycles. The van der Waals surface area contributed by atoms with E-state index in [4.69, 9.17) is 4.74 Å². The molecule has 3 aromatic rings. The quantitative estimate of drug-likeness (QED) is 0.695. The first-order valence-electron chi connectivity index (χ1n) is 9.69. The maximum Gasteiger partial charge on any atom is 0.243 e. The van der Waals surface area contributed by atoms with Crippen LogP contribution in [0.25, 0.3) is 10.8 Å². The number of hydrogen-bond acceptors (Lipinski definition) is 5. The summed E-state index contributed by atoms with van der Waals surface area (Å²) in [6.07, 6.45) is 0. The zero-order chi connectivity index (χ0) is 20.4. The number of fused-ring (bicyclic) bond motifs is 1. The third kappa shape index (κ3) is 3.75. The molecule has 4 rings (SSSR count). The maximum absolute atomic E-state index is 13.4. The van der Waals surface area contributed by atoms with Crippen molar-refractivity contribution in [2.45, 2.75) is 11.8 Å². The molecular formula is C22H24N2O4S. The lowest BCUT2D eigenvalue weighted by Crippen LogP contribution is -2.48. The Morgan fingerprint density at radius 3 is 2.34 bits per heavy atom. The molecule has 3 aromatic carbocycles. The van der Waals surface area contributed by atoms with Gasteiger partial charge in [0.1, 0.15) is 11.5 Å². The van der Waals surface area contributed by atoms with Crippen LogP contribution < -0.4 is 9.64 Å². The molecule has 6 nitrogen and oxygen atoms in total. The van der Waals surface area contributed by atoms with Gasteiger partial charge in [0.15, 0.2) is 0 Å². The Balaban J connectivity index is 1.61. The predicted molar refractivity (Wildman–Crippen MR) is 114 cm³/mol. The number of ether oxygens (including phenoxy) is 1. The first kappa shape index (κ1) is 19.5. The summed E-state index contributed by atoms with van der Waals surface area (Å²) in [5.74, 6) is 0.897. The molecule has 0 unspecified atom stereocenters. The van der Waals surface area contributed by atoms with Gasteiger partial charge in [0.05, 0.1) is 11.5 Å². The normalized spacial score (nSPS) is 15.6. The standard InChI is InChI=1S/C22H24N2O4S/c1-2-28-21-10-11-22(20-9-4-3-8-19(20)21)29(26,27)24-14-12-23(13-15-24)17-6-5-7-18(25)16-17/h3-11,16,25H,2,12-15H2,1H3. The van der Waals surface area contributed by atoms with Gasteiger partial charge >= 0.3 is 0 Å². The Labute approximate surface area is 171 Å². The minimum absolute atomic E-state index is 0.207. The van der Waals surface area contributed by atoms with E-state index in [0.29, 0.717) is 48.8 Å². The summed E-state index contributed by atoms with van der Waals surface area (Å²) >= 11 is 0. The fourth-order valence-electron chi connectivity index (χ4n) is 3.77. The molecule has 1 fully saturated rings. The zero-order valence-corrected chi connectivity index (χ0v) is 17.1. The number of rotatable bonds is 5. The summed E-state index contributed by atoms with van der Waals surface area (Å²) in [5.41, 5.74) is 0.897. The average Bonchev–Trinajstić information content (AvgIpc) is 2.74. The lowest BCUT2D eigenvalue weighted by atomic mass is 10.1. The fourth-order valence-corrected chi connectivity index (χ4v) is 5.38. The van der Waals surface area contributed by atoms with Crippen molar-refractivity contribution in [2.24, 2.45) is 0 Å². The number of phenols is 1. The summed E-state index contributed by atoms with van der Waals surface area (Å²) in [4.78, 5) is 2.39. The second kappa shape index (κ2) is 7.93. The van der Waals surface area contributed by atoms with Crippen LogP contribution in [-0.2, 0) is 10.0 Å². The van der Waals surface area contributed by atoms with E-state index in [0.717, 1.165) is 11.1 Å². The topological polar surface area (TPSA) is 70.1 Å². The van der Waals surface area contributed by atoms with Crippen LogP contribution in [0.4, 0.5) is 5.69 Å². The summed E-state index contributed by atoms with van der Waals surface area (Å²) in [6.45, 7) is 4.34. The molecule has 1 N–H and O–H groups in total. The van der Waals surface area contributed by atoms with Gasteiger partial charge in [-0.15, -0.1) is 0 Å². The van der Waals surface area contributed by atoms with Gasteiger partial charge < -0.3 is 14.7 Å². The van der Waals surface area contributed by atoms with Crippen molar-refractivity contribution < 1.29 is 18.3 Å². The molecule has 7 heteroatoms. The van der Waals surface area contributed by atoms with Crippen molar-refractivity contribution in [1.82, 2.24) is 4.31 Å². The van der Waals surface area contributed by atoms with Crippen LogP contribution in [0.3, 0.4) is 0 Å². The molecule has 0 aromatic heterocycles. The molecule has 0 aliphatic carbocycles. The Hall–Kier alpha value is -2.77. The number of nitrogens with zero attached hydrogens (tertiary/aromatic N) is 2. The Kier molecular flexibility index (Phi) is 5.34. The highest BCUT2D eigenvalue weighted by molar-refractivity contribution is 7.89.